The highest BCUT2D eigenvalue weighted by atomic mass is 15.2. The van der Waals surface area contributed by atoms with Crippen LogP contribution in [0.4, 0.5) is 0 Å². The minimum Gasteiger partial charge on any atom is -0.313 e. The molecule has 15 heavy (non-hydrogen) atoms. The molecule has 1 atom stereocenters. The molecule has 0 bridgehead atoms. The van der Waals surface area contributed by atoms with Gasteiger partial charge in [-0.3, -0.25) is 4.90 Å². The van der Waals surface area contributed by atoms with Crippen LogP contribution >= 0.6 is 0 Å². The Morgan fingerprint density at radius 3 is 2.60 bits per heavy atom. The number of nitrogens with zero attached hydrogens (tertiary/aromatic N) is 1. The van der Waals surface area contributed by atoms with Crippen molar-refractivity contribution < 1.29 is 0 Å². The number of hydrogen-bond acceptors (Lipinski definition) is 2. The highest BCUT2D eigenvalue weighted by Gasteiger charge is 2.27. The fourth-order valence-electron chi connectivity index (χ4n) is 2.73. The van der Waals surface area contributed by atoms with E-state index in [1.807, 2.05) is 0 Å². The summed E-state index contributed by atoms with van der Waals surface area (Å²) in [5, 5.41) is 3.62. The van der Waals surface area contributed by atoms with E-state index in [2.05, 4.69) is 17.1 Å². The van der Waals surface area contributed by atoms with E-state index < -0.39 is 0 Å². The van der Waals surface area contributed by atoms with Crippen LogP contribution in [0.25, 0.3) is 0 Å². The molecule has 0 spiro atoms. The zero-order valence-electron chi connectivity index (χ0n) is 10.2. The van der Waals surface area contributed by atoms with Crippen molar-refractivity contribution in [1.29, 1.82) is 0 Å². The van der Waals surface area contributed by atoms with E-state index in [-0.39, 0.29) is 0 Å². The molecule has 2 rings (SSSR count). The van der Waals surface area contributed by atoms with Crippen LogP contribution in [0.2, 0.25) is 0 Å². The minimum absolute atomic E-state index is 0.794. The summed E-state index contributed by atoms with van der Waals surface area (Å²) in [6.45, 7) is 6.19. The van der Waals surface area contributed by atoms with Gasteiger partial charge in [-0.05, 0) is 45.2 Å². The molecule has 1 aliphatic heterocycles. The first kappa shape index (κ1) is 11.4. The first-order valence-corrected chi connectivity index (χ1v) is 6.87. The molecule has 1 N–H and O–H groups in total. The fourth-order valence-corrected chi connectivity index (χ4v) is 2.73. The molecule has 0 aromatic carbocycles. The second kappa shape index (κ2) is 5.86. The van der Waals surface area contributed by atoms with Crippen LogP contribution in [0.3, 0.4) is 0 Å². The van der Waals surface area contributed by atoms with Gasteiger partial charge in [0.25, 0.3) is 0 Å². The smallest absolute Gasteiger partial charge is 0.0195 e. The molecule has 2 fully saturated rings. The monoisotopic (exact) mass is 210 g/mol. The van der Waals surface area contributed by atoms with E-state index in [9.17, 15) is 0 Å². The molecule has 2 heteroatoms. The van der Waals surface area contributed by atoms with Gasteiger partial charge >= 0.3 is 0 Å². The van der Waals surface area contributed by atoms with Crippen molar-refractivity contribution in [2.75, 3.05) is 19.6 Å². The summed E-state index contributed by atoms with van der Waals surface area (Å²) in [4.78, 5) is 2.76. The normalized spacial score (nSPS) is 27.2. The number of unbranched alkanes of at least 4 members (excludes halogenated alkanes) is 1. The zero-order valence-corrected chi connectivity index (χ0v) is 10.2. The summed E-state index contributed by atoms with van der Waals surface area (Å²) in [5.41, 5.74) is 0. The van der Waals surface area contributed by atoms with Crippen LogP contribution in [-0.2, 0) is 0 Å². The summed E-state index contributed by atoms with van der Waals surface area (Å²) in [6.07, 6.45) is 9.87. The number of rotatable bonds is 6. The molecule has 0 aromatic heterocycles. The first-order chi connectivity index (χ1) is 7.40. The summed E-state index contributed by atoms with van der Waals surface area (Å²) in [5.74, 6) is 0. The van der Waals surface area contributed by atoms with Crippen molar-refractivity contribution in [2.45, 2.75) is 64.0 Å². The van der Waals surface area contributed by atoms with Crippen molar-refractivity contribution in [3.05, 3.63) is 0 Å². The van der Waals surface area contributed by atoms with E-state index in [1.165, 1.54) is 64.6 Å². The third-order valence-corrected chi connectivity index (χ3v) is 4.01. The lowest BCUT2D eigenvalue weighted by Gasteiger charge is -2.39. The number of nitrogens with one attached hydrogen (secondary N) is 1. The molecule has 2 nitrogen and oxygen atoms in total. The van der Waals surface area contributed by atoms with Crippen LogP contribution < -0.4 is 5.32 Å². The first-order valence-electron chi connectivity index (χ1n) is 6.87. The summed E-state index contributed by atoms with van der Waals surface area (Å²) in [7, 11) is 0. The largest absolute Gasteiger partial charge is 0.313 e. The Balaban J connectivity index is 1.75. The molecule has 0 aromatic rings. The molecule has 1 aliphatic carbocycles. The molecule has 1 saturated carbocycles. The Morgan fingerprint density at radius 1 is 1.20 bits per heavy atom. The van der Waals surface area contributed by atoms with Gasteiger partial charge in [-0.2, -0.15) is 0 Å². The van der Waals surface area contributed by atoms with Gasteiger partial charge in [-0.15, -0.1) is 0 Å². The average molecular weight is 210 g/mol. The van der Waals surface area contributed by atoms with Crippen molar-refractivity contribution >= 4 is 0 Å². The van der Waals surface area contributed by atoms with E-state index in [0.717, 1.165) is 12.1 Å². The van der Waals surface area contributed by atoms with Gasteiger partial charge in [0.2, 0.25) is 0 Å². The topological polar surface area (TPSA) is 15.3 Å². The fraction of sp³-hybridized carbons (Fsp3) is 1.00. The molecule has 1 unspecified atom stereocenters. The Morgan fingerprint density at radius 2 is 2.07 bits per heavy atom. The molecule has 88 valence electrons. The molecule has 0 radical (unpaired) electrons. The lowest BCUT2D eigenvalue weighted by Crippen LogP contribution is -2.46. The van der Waals surface area contributed by atoms with Gasteiger partial charge in [0, 0.05) is 18.6 Å². The standard InChI is InChI=1S/C13H26N2/c1-2-3-10-15(13-7-4-8-13)11-12-6-5-9-14-12/h12-14H,2-11H2,1H3. The van der Waals surface area contributed by atoms with Gasteiger partial charge in [-0.25, -0.2) is 0 Å². The second-order valence-electron chi connectivity index (χ2n) is 5.23. The quantitative estimate of drug-likeness (QED) is 0.724. The van der Waals surface area contributed by atoms with E-state index in [1.54, 1.807) is 0 Å². The van der Waals surface area contributed by atoms with Crippen LogP contribution in [0, 0.1) is 0 Å². The maximum atomic E-state index is 3.62. The van der Waals surface area contributed by atoms with E-state index in [4.69, 9.17) is 0 Å². The SMILES string of the molecule is CCCCN(CC1CCCN1)C1CCC1. The molecule has 0 amide bonds. The summed E-state index contributed by atoms with van der Waals surface area (Å²) in [6, 6.07) is 1.72. The molecule has 2 aliphatic rings. The Bertz CT molecular complexity index is 171. The molecular formula is C13H26N2. The van der Waals surface area contributed by atoms with Crippen LogP contribution in [-0.4, -0.2) is 36.6 Å². The average Bonchev–Trinajstić information content (AvgIpc) is 2.64. The predicted octanol–water partition coefficient (Wildman–Crippen LogP) is 2.39. The third kappa shape index (κ3) is 3.18. The van der Waals surface area contributed by atoms with Gasteiger partial charge in [0.05, 0.1) is 0 Å². The van der Waals surface area contributed by atoms with Crippen molar-refractivity contribution in [2.24, 2.45) is 0 Å². The molecule has 1 saturated heterocycles. The van der Waals surface area contributed by atoms with Crippen molar-refractivity contribution in [3.63, 3.8) is 0 Å². The van der Waals surface area contributed by atoms with E-state index >= 15 is 0 Å². The van der Waals surface area contributed by atoms with Gasteiger partial charge < -0.3 is 5.32 Å². The van der Waals surface area contributed by atoms with E-state index in [0.29, 0.717) is 0 Å². The van der Waals surface area contributed by atoms with Gasteiger partial charge in [0.15, 0.2) is 0 Å². The van der Waals surface area contributed by atoms with Crippen molar-refractivity contribution in [1.82, 2.24) is 10.2 Å². The second-order valence-corrected chi connectivity index (χ2v) is 5.23. The Labute approximate surface area is 94.4 Å². The number of hydrogen-bond donors (Lipinski definition) is 1. The van der Waals surface area contributed by atoms with Gasteiger partial charge in [0.1, 0.15) is 0 Å². The Hall–Kier alpha value is -0.0800. The summed E-state index contributed by atoms with van der Waals surface area (Å²) >= 11 is 0. The van der Waals surface area contributed by atoms with Crippen LogP contribution in [0.15, 0.2) is 0 Å². The lowest BCUT2D eigenvalue weighted by atomic mass is 9.91. The lowest BCUT2D eigenvalue weighted by molar-refractivity contribution is 0.115. The highest BCUT2D eigenvalue weighted by molar-refractivity contribution is 4.85. The summed E-state index contributed by atoms with van der Waals surface area (Å²) < 4.78 is 0. The Kier molecular flexibility index (Phi) is 4.45. The minimum atomic E-state index is 0.794. The zero-order chi connectivity index (χ0) is 10.5. The van der Waals surface area contributed by atoms with Crippen LogP contribution in [0.1, 0.15) is 51.9 Å². The maximum Gasteiger partial charge on any atom is 0.0195 e. The highest BCUT2D eigenvalue weighted by Crippen LogP contribution is 2.25. The molecular weight excluding hydrogens is 184 g/mol. The maximum absolute atomic E-state index is 3.62. The van der Waals surface area contributed by atoms with Crippen LogP contribution in [0.5, 0.6) is 0 Å². The predicted molar refractivity (Wildman–Crippen MR) is 65.1 cm³/mol. The third-order valence-electron chi connectivity index (χ3n) is 4.01. The van der Waals surface area contributed by atoms with Crippen molar-refractivity contribution in [3.8, 4) is 0 Å². The van der Waals surface area contributed by atoms with Gasteiger partial charge in [-0.1, -0.05) is 19.8 Å². The molecule has 1 heterocycles.